The second-order valence-electron chi connectivity index (χ2n) is 10.2. The van der Waals surface area contributed by atoms with Gasteiger partial charge in [-0.2, -0.15) is 0 Å². The topological polar surface area (TPSA) is 91.6 Å². The van der Waals surface area contributed by atoms with Crippen LogP contribution in [-0.2, 0) is 12.0 Å². The first-order chi connectivity index (χ1) is 17.2. The van der Waals surface area contributed by atoms with Crippen molar-refractivity contribution in [2.45, 2.75) is 39.2 Å². The first-order valence-corrected chi connectivity index (χ1v) is 12.3. The van der Waals surface area contributed by atoms with E-state index in [-0.39, 0.29) is 21.9 Å². The first-order valence-electron chi connectivity index (χ1n) is 12.3. The van der Waals surface area contributed by atoms with Crippen LogP contribution in [0.25, 0.3) is 0 Å². The van der Waals surface area contributed by atoms with E-state index in [1.54, 1.807) is 18.3 Å². The molecule has 36 heavy (non-hydrogen) atoms. The molecule has 1 saturated heterocycles. The third-order valence-corrected chi connectivity index (χ3v) is 6.48. The van der Waals surface area contributed by atoms with E-state index in [2.05, 4.69) is 40.9 Å². The van der Waals surface area contributed by atoms with Crippen molar-refractivity contribution in [2.24, 2.45) is 0 Å². The predicted octanol–water partition coefficient (Wildman–Crippen LogP) is 5.25. The SMILES string of the molecule is CC(C)(C)c1ccc(C(=O)Nc2ccc(N3CCCN(Cc4ccc([N+](=O)[O-])cc4)CC3)nc2)cc1. The Hall–Kier alpha value is -3.78. The van der Waals surface area contributed by atoms with Crippen LogP contribution in [0.15, 0.2) is 66.9 Å². The monoisotopic (exact) mass is 487 g/mol. The van der Waals surface area contributed by atoms with Gasteiger partial charge in [-0.15, -0.1) is 0 Å². The van der Waals surface area contributed by atoms with Crippen molar-refractivity contribution in [1.29, 1.82) is 0 Å². The Balaban J connectivity index is 1.31. The zero-order valence-electron chi connectivity index (χ0n) is 21.1. The van der Waals surface area contributed by atoms with Crippen molar-refractivity contribution in [3.05, 3.63) is 93.7 Å². The molecule has 1 N–H and O–H groups in total. The molecular weight excluding hydrogens is 454 g/mol. The highest BCUT2D eigenvalue weighted by Crippen LogP contribution is 2.23. The number of carbonyl (C=O) groups excluding carboxylic acids is 1. The van der Waals surface area contributed by atoms with Gasteiger partial charge in [0.1, 0.15) is 5.82 Å². The summed E-state index contributed by atoms with van der Waals surface area (Å²) in [5, 5.41) is 13.8. The van der Waals surface area contributed by atoms with Crippen LogP contribution < -0.4 is 10.2 Å². The lowest BCUT2D eigenvalue weighted by atomic mass is 9.87. The molecule has 8 nitrogen and oxygen atoms in total. The molecule has 3 aromatic rings. The molecule has 188 valence electrons. The molecule has 0 unspecified atom stereocenters. The standard InChI is InChI=1S/C28H33N5O3/c1-28(2,3)23-9-7-22(8-10-23)27(34)30-24-11-14-26(29-19-24)32-16-4-15-31(17-18-32)20-21-5-12-25(13-6-21)33(35)36/h5-14,19H,4,15-18,20H2,1-3H3,(H,30,34). The van der Waals surface area contributed by atoms with Gasteiger partial charge < -0.3 is 10.2 Å². The molecule has 2 heterocycles. The summed E-state index contributed by atoms with van der Waals surface area (Å²) in [6, 6.07) is 18.3. The number of anilines is 2. The molecule has 1 aromatic heterocycles. The van der Waals surface area contributed by atoms with Gasteiger partial charge in [-0.05, 0) is 47.2 Å². The molecule has 1 fully saturated rings. The molecule has 1 aliphatic heterocycles. The van der Waals surface area contributed by atoms with Crippen LogP contribution in [0, 0.1) is 10.1 Å². The normalized spacial score (nSPS) is 14.8. The van der Waals surface area contributed by atoms with E-state index in [0.717, 1.165) is 50.5 Å². The Kier molecular flexibility index (Phi) is 7.64. The molecular formula is C28H33N5O3. The Labute approximate surface area is 212 Å². The molecule has 1 amide bonds. The number of non-ortho nitro benzene ring substituents is 1. The molecule has 0 bridgehead atoms. The number of hydrogen-bond donors (Lipinski definition) is 1. The van der Waals surface area contributed by atoms with E-state index >= 15 is 0 Å². The molecule has 1 aliphatic rings. The van der Waals surface area contributed by atoms with Crippen LogP contribution >= 0.6 is 0 Å². The largest absolute Gasteiger partial charge is 0.355 e. The van der Waals surface area contributed by atoms with Gasteiger partial charge >= 0.3 is 0 Å². The number of nitro benzene ring substituents is 1. The fourth-order valence-electron chi connectivity index (χ4n) is 4.31. The highest BCUT2D eigenvalue weighted by molar-refractivity contribution is 6.04. The average Bonchev–Trinajstić information content (AvgIpc) is 3.10. The number of pyridine rings is 1. The maximum atomic E-state index is 12.7. The lowest BCUT2D eigenvalue weighted by molar-refractivity contribution is -0.384. The summed E-state index contributed by atoms with van der Waals surface area (Å²) in [6.07, 6.45) is 2.70. The van der Waals surface area contributed by atoms with Gasteiger partial charge in [-0.25, -0.2) is 4.98 Å². The molecule has 0 aliphatic carbocycles. The molecule has 0 radical (unpaired) electrons. The van der Waals surface area contributed by atoms with Gasteiger partial charge in [0.05, 0.1) is 16.8 Å². The van der Waals surface area contributed by atoms with Crippen LogP contribution in [0.2, 0.25) is 0 Å². The summed E-state index contributed by atoms with van der Waals surface area (Å²) >= 11 is 0. The van der Waals surface area contributed by atoms with Crippen molar-refractivity contribution < 1.29 is 9.72 Å². The maximum Gasteiger partial charge on any atom is 0.269 e. The smallest absolute Gasteiger partial charge is 0.269 e. The number of hydrogen-bond acceptors (Lipinski definition) is 6. The minimum atomic E-state index is -0.373. The number of amides is 1. The number of nitrogens with one attached hydrogen (secondary N) is 1. The van der Waals surface area contributed by atoms with Crippen LogP contribution in [0.1, 0.15) is 48.7 Å². The van der Waals surface area contributed by atoms with Crippen molar-refractivity contribution >= 4 is 23.1 Å². The summed E-state index contributed by atoms with van der Waals surface area (Å²) in [5.41, 5.74) is 3.70. The van der Waals surface area contributed by atoms with Crippen LogP contribution in [0.4, 0.5) is 17.2 Å². The van der Waals surface area contributed by atoms with Gasteiger partial charge in [0, 0.05) is 50.4 Å². The Morgan fingerprint density at radius 3 is 2.31 bits per heavy atom. The fourth-order valence-corrected chi connectivity index (χ4v) is 4.31. The third-order valence-electron chi connectivity index (χ3n) is 6.48. The number of benzene rings is 2. The van der Waals surface area contributed by atoms with E-state index in [4.69, 9.17) is 0 Å². The zero-order chi connectivity index (χ0) is 25.7. The second-order valence-corrected chi connectivity index (χ2v) is 10.2. The van der Waals surface area contributed by atoms with Crippen molar-refractivity contribution in [3.8, 4) is 0 Å². The summed E-state index contributed by atoms with van der Waals surface area (Å²) in [4.78, 5) is 32.4. The Bertz CT molecular complexity index is 1190. The number of aromatic nitrogens is 1. The number of carbonyl (C=O) groups is 1. The van der Waals surface area contributed by atoms with E-state index in [0.29, 0.717) is 11.3 Å². The number of rotatable bonds is 6. The lowest BCUT2D eigenvalue weighted by Crippen LogP contribution is -2.31. The van der Waals surface area contributed by atoms with Gasteiger partial charge in [0.2, 0.25) is 0 Å². The Morgan fingerprint density at radius 2 is 1.69 bits per heavy atom. The van der Waals surface area contributed by atoms with Gasteiger partial charge in [0.15, 0.2) is 0 Å². The van der Waals surface area contributed by atoms with E-state index in [1.165, 1.54) is 5.56 Å². The minimum Gasteiger partial charge on any atom is -0.355 e. The molecule has 0 spiro atoms. The maximum absolute atomic E-state index is 12.7. The zero-order valence-corrected chi connectivity index (χ0v) is 21.1. The summed E-state index contributed by atoms with van der Waals surface area (Å²) in [6.45, 7) is 10.8. The summed E-state index contributed by atoms with van der Waals surface area (Å²) in [5.74, 6) is 0.737. The van der Waals surface area contributed by atoms with Crippen molar-refractivity contribution in [2.75, 3.05) is 36.4 Å². The minimum absolute atomic E-state index is 0.0455. The first kappa shape index (κ1) is 25.3. The summed E-state index contributed by atoms with van der Waals surface area (Å²) in [7, 11) is 0. The van der Waals surface area contributed by atoms with Crippen molar-refractivity contribution in [1.82, 2.24) is 9.88 Å². The van der Waals surface area contributed by atoms with E-state index in [1.807, 2.05) is 48.5 Å². The summed E-state index contributed by atoms with van der Waals surface area (Å²) < 4.78 is 0. The third kappa shape index (κ3) is 6.46. The average molecular weight is 488 g/mol. The quantitative estimate of drug-likeness (QED) is 0.377. The van der Waals surface area contributed by atoms with Crippen LogP contribution in [-0.4, -0.2) is 46.9 Å². The molecule has 0 saturated carbocycles. The van der Waals surface area contributed by atoms with Crippen molar-refractivity contribution in [3.63, 3.8) is 0 Å². The van der Waals surface area contributed by atoms with Crippen LogP contribution in [0.3, 0.4) is 0 Å². The second kappa shape index (κ2) is 10.9. The van der Waals surface area contributed by atoms with Gasteiger partial charge in [-0.1, -0.05) is 45.0 Å². The molecule has 0 atom stereocenters. The lowest BCUT2D eigenvalue weighted by Gasteiger charge is -2.23. The Morgan fingerprint density at radius 1 is 0.972 bits per heavy atom. The van der Waals surface area contributed by atoms with Gasteiger partial charge in [0.25, 0.3) is 11.6 Å². The van der Waals surface area contributed by atoms with Crippen LogP contribution in [0.5, 0.6) is 0 Å². The fraction of sp³-hybridized carbons (Fsp3) is 0.357. The number of nitro groups is 1. The molecule has 4 rings (SSSR count). The van der Waals surface area contributed by atoms with Gasteiger partial charge in [-0.3, -0.25) is 19.8 Å². The van der Waals surface area contributed by atoms with E-state index in [9.17, 15) is 14.9 Å². The molecule has 2 aromatic carbocycles. The highest BCUT2D eigenvalue weighted by Gasteiger charge is 2.18. The highest BCUT2D eigenvalue weighted by atomic mass is 16.6. The number of nitrogens with zero attached hydrogens (tertiary/aromatic N) is 4. The molecule has 8 heteroatoms. The predicted molar refractivity (Wildman–Crippen MR) is 143 cm³/mol. The van der Waals surface area contributed by atoms with E-state index < -0.39 is 0 Å².